The van der Waals surface area contributed by atoms with Crippen molar-refractivity contribution in [3.63, 3.8) is 0 Å². The van der Waals surface area contributed by atoms with Crippen LogP contribution in [-0.2, 0) is 6.54 Å². The Kier molecular flexibility index (Phi) is 3.64. The predicted octanol–water partition coefficient (Wildman–Crippen LogP) is 1.07. The molecule has 0 saturated carbocycles. The summed E-state index contributed by atoms with van der Waals surface area (Å²) in [6, 6.07) is 5.23. The minimum Gasteiger partial charge on any atom is -0.367 e. The number of hydrogen-bond donors (Lipinski definition) is 1. The van der Waals surface area contributed by atoms with Crippen molar-refractivity contribution in [3.05, 3.63) is 24.0 Å². The number of likely N-dealkylation sites (N-methyl/N-ethyl adjacent to an activating group) is 1. The first-order valence-corrected chi connectivity index (χ1v) is 6.24. The van der Waals surface area contributed by atoms with Gasteiger partial charge < -0.3 is 10.6 Å². The van der Waals surface area contributed by atoms with Gasteiger partial charge in [0.15, 0.2) is 0 Å². The van der Waals surface area contributed by atoms with Crippen molar-refractivity contribution in [1.29, 1.82) is 0 Å². The van der Waals surface area contributed by atoms with Gasteiger partial charge in [-0.2, -0.15) is 0 Å². The van der Waals surface area contributed by atoms with Gasteiger partial charge in [-0.25, -0.2) is 0 Å². The van der Waals surface area contributed by atoms with Crippen molar-refractivity contribution < 1.29 is 0 Å². The molecule has 0 aliphatic carbocycles. The van der Waals surface area contributed by atoms with E-state index in [-0.39, 0.29) is 0 Å². The summed E-state index contributed by atoms with van der Waals surface area (Å²) in [7, 11) is 2.19. The number of nitrogens with zero attached hydrogens (tertiary/aromatic N) is 3. The van der Waals surface area contributed by atoms with Crippen molar-refractivity contribution in [1.82, 2.24) is 9.88 Å². The third-order valence-electron chi connectivity index (χ3n) is 3.76. The average molecular weight is 234 g/mol. The van der Waals surface area contributed by atoms with Crippen molar-refractivity contribution in [2.75, 3.05) is 25.0 Å². The lowest BCUT2D eigenvalue weighted by Gasteiger charge is -2.43. The summed E-state index contributed by atoms with van der Waals surface area (Å²) in [5.41, 5.74) is 7.95. The topological polar surface area (TPSA) is 45.4 Å². The zero-order valence-electron chi connectivity index (χ0n) is 10.9. The smallest absolute Gasteiger partial charge is 0.0772 e. The molecule has 0 bridgehead atoms. The van der Waals surface area contributed by atoms with Crippen LogP contribution in [0.4, 0.5) is 5.69 Å². The molecule has 1 saturated heterocycles. The average Bonchev–Trinajstić information content (AvgIpc) is 2.35. The SMILES string of the molecule is CC1CN(c2cccnc2CN)CC(C)N1C. The molecular formula is C13H22N4. The summed E-state index contributed by atoms with van der Waals surface area (Å²) in [6.07, 6.45) is 1.81. The van der Waals surface area contributed by atoms with Gasteiger partial charge in [0.05, 0.1) is 11.4 Å². The quantitative estimate of drug-likeness (QED) is 0.831. The van der Waals surface area contributed by atoms with Gasteiger partial charge >= 0.3 is 0 Å². The van der Waals surface area contributed by atoms with Crippen molar-refractivity contribution >= 4 is 5.69 Å². The molecule has 1 aromatic rings. The second-order valence-corrected chi connectivity index (χ2v) is 4.94. The summed E-state index contributed by atoms with van der Waals surface area (Å²) in [5, 5.41) is 0. The first kappa shape index (κ1) is 12.3. The van der Waals surface area contributed by atoms with E-state index in [0.717, 1.165) is 18.8 Å². The van der Waals surface area contributed by atoms with E-state index >= 15 is 0 Å². The molecule has 0 radical (unpaired) electrons. The molecule has 1 aliphatic heterocycles. The molecule has 2 unspecified atom stereocenters. The molecule has 17 heavy (non-hydrogen) atoms. The van der Waals surface area contributed by atoms with Crippen molar-refractivity contribution in [2.45, 2.75) is 32.5 Å². The van der Waals surface area contributed by atoms with Crippen molar-refractivity contribution in [2.24, 2.45) is 5.73 Å². The highest BCUT2D eigenvalue weighted by Gasteiger charge is 2.27. The van der Waals surface area contributed by atoms with E-state index in [9.17, 15) is 0 Å². The van der Waals surface area contributed by atoms with Gasteiger partial charge in [-0.05, 0) is 33.0 Å². The van der Waals surface area contributed by atoms with Crippen LogP contribution in [0.3, 0.4) is 0 Å². The number of aromatic nitrogens is 1. The van der Waals surface area contributed by atoms with Gasteiger partial charge in [0.25, 0.3) is 0 Å². The second-order valence-electron chi connectivity index (χ2n) is 4.94. The zero-order valence-corrected chi connectivity index (χ0v) is 10.9. The lowest BCUT2D eigenvalue weighted by Crippen LogP contribution is -2.55. The van der Waals surface area contributed by atoms with Crippen LogP contribution in [0, 0.1) is 0 Å². The third kappa shape index (κ3) is 2.42. The van der Waals surface area contributed by atoms with E-state index in [4.69, 9.17) is 5.73 Å². The molecule has 2 heterocycles. The molecule has 2 atom stereocenters. The minimum absolute atomic E-state index is 0.505. The third-order valence-corrected chi connectivity index (χ3v) is 3.76. The number of piperazine rings is 1. The fourth-order valence-electron chi connectivity index (χ4n) is 2.48. The Labute approximate surface area is 103 Å². The molecule has 1 aliphatic rings. The number of anilines is 1. The molecular weight excluding hydrogens is 212 g/mol. The molecule has 2 N–H and O–H groups in total. The summed E-state index contributed by atoms with van der Waals surface area (Å²) >= 11 is 0. The van der Waals surface area contributed by atoms with Crippen LogP contribution in [0.2, 0.25) is 0 Å². The minimum atomic E-state index is 0.505. The van der Waals surface area contributed by atoms with E-state index in [1.807, 2.05) is 12.3 Å². The standard InChI is InChI=1S/C13H22N4/c1-10-8-17(9-11(2)16(10)3)13-5-4-6-15-12(13)7-14/h4-6,10-11H,7-9,14H2,1-3H3. The Balaban J connectivity index is 2.22. The maximum absolute atomic E-state index is 5.75. The number of hydrogen-bond acceptors (Lipinski definition) is 4. The first-order chi connectivity index (χ1) is 8.13. The highest BCUT2D eigenvalue weighted by molar-refractivity contribution is 5.51. The van der Waals surface area contributed by atoms with Gasteiger partial charge in [-0.15, -0.1) is 0 Å². The van der Waals surface area contributed by atoms with Crippen LogP contribution < -0.4 is 10.6 Å². The van der Waals surface area contributed by atoms with Crippen LogP contribution in [0.5, 0.6) is 0 Å². The van der Waals surface area contributed by atoms with Gasteiger partial charge in [0, 0.05) is 37.9 Å². The molecule has 0 aromatic carbocycles. The number of rotatable bonds is 2. The van der Waals surface area contributed by atoms with Crippen LogP contribution >= 0.6 is 0 Å². The highest BCUT2D eigenvalue weighted by atomic mass is 15.3. The van der Waals surface area contributed by atoms with E-state index < -0.39 is 0 Å². The summed E-state index contributed by atoms with van der Waals surface area (Å²) < 4.78 is 0. The molecule has 1 fully saturated rings. The highest BCUT2D eigenvalue weighted by Crippen LogP contribution is 2.23. The molecule has 0 amide bonds. The van der Waals surface area contributed by atoms with Crippen LogP contribution in [-0.4, -0.2) is 42.1 Å². The van der Waals surface area contributed by atoms with Gasteiger partial charge in [0.1, 0.15) is 0 Å². The van der Waals surface area contributed by atoms with E-state index in [1.165, 1.54) is 5.69 Å². The molecule has 2 rings (SSSR count). The van der Waals surface area contributed by atoms with Gasteiger partial charge in [0.2, 0.25) is 0 Å². The monoisotopic (exact) mass is 234 g/mol. The molecule has 4 heteroatoms. The van der Waals surface area contributed by atoms with Crippen molar-refractivity contribution in [3.8, 4) is 0 Å². The number of pyridine rings is 1. The molecule has 1 aromatic heterocycles. The van der Waals surface area contributed by atoms with Gasteiger partial charge in [-0.3, -0.25) is 9.88 Å². The molecule has 0 spiro atoms. The Morgan fingerprint density at radius 3 is 2.59 bits per heavy atom. The fourth-order valence-corrected chi connectivity index (χ4v) is 2.48. The Hall–Kier alpha value is -1.13. The Bertz CT molecular complexity index is 367. The largest absolute Gasteiger partial charge is 0.367 e. The second kappa shape index (κ2) is 5.02. The lowest BCUT2D eigenvalue weighted by atomic mass is 10.1. The van der Waals surface area contributed by atoms with Crippen LogP contribution in [0.25, 0.3) is 0 Å². The molecule has 94 valence electrons. The zero-order chi connectivity index (χ0) is 12.4. The maximum atomic E-state index is 5.75. The van der Waals surface area contributed by atoms with E-state index in [0.29, 0.717) is 18.6 Å². The van der Waals surface area contributed by atoms with E-state index in [2.05, 4.69) is 41.7 Å². The maximum Gasteiger partial charge on any atom is 0.0772 e. The predicted molar refractivity (Wildman–Crippen MR) is 71.0 cm³/mol. The van der Waals surface area contributed by atoms with Crippen LogP contribution in [0.1, 0.15) is 19.5 Å². The normalized spacial score (nSPS) is 26.2. The lowest BCUT2D eigenvalue weighted by molar-refractivity contribution is 0.170. The number of nitrogens with two attached hydrogens (primary N) is 1. The van der Waals surface area contributed by atoms with E-state index in [1.54, 1.807) is 0 Å². The van der Waals surface area contributed by atoms with Crippen LogP contribution in [0.15, 0.2) is 18.3 Å². The Morgan fingerprint density at radius 2 is 2.00 bits per heavy atom. The van der Waals surface area contributed by atoms with Gasteiger partial charge in [-0.1, -0.05) is 0 Å². The summed E-state index contributed by atoms with van der Waals surface area (Å²) in [4.78, 5) is 9.19. The molecule has 4 nitrogen and oxygen atoms in total. The fraction of sp³-hybridized carbons (Fsp3) is 0.615. The summed E-state index contributed by atoms with van der Waals surface area (Å²) in [5.74, 6) is 0. The summed E-state index contributed by atoms with van der Waals surface area (Å²) in [6.45, 7) is 7.12. The Morgan fingerprint density at radius 1 is 1.35 bits per heavy atom. The first-order valence-electron chi connectivity index (χ1n) is 6.24.